The highest BCUT2D eigenvalue weighted by Gasteiger charge is 2.12. The molecule has 2 N–H and O–H groups in total. The Morgan fingerprint density at radius 1 is 1.35 bits per heavy atom. The number of aromatic nitrogens is 2. The topological polar surface area (TPSA) is 64.9 Å². The van der Waals surface area contributed by atoms with Crippen molar-refractivity contribution in [2.45, 2.75) is 27.2 Å². The molecule has 0 saturated carbocycles. The van der Waals surface area contributed by atoms with Crippen molar-refractivity contribution >= 4 is 5.69 Å². The molecule has 0 fully saturated rings. The van der Waals surface area contributed by atoms with Gasteiger partial charge in [-0.15, -0.1) is 0 Å². The van der Waals surface area contributed by atoms with Crippen molar-refractivity contribution in [2.75, 3.05) is 5.73 Å². The first-order valence-corrected chi connectivity index (χ1v) is 5.75. The largest absolute Gasteiger partial charge is 0.398 e. The van der Waals surface area contributed by atoms with E-state index in [2.05, 4.69) is 24.0 Å². The van der Waals surface area contributed by atoms with E-state index in [1.54, 1.807) is 0 Å². The van der Waals surface area contributed by atoms with E-state index in [0.717, 1.165) is 23.4 Å². The molecule has 4 heteroatoms. The number of hydrogen-bond donors (Lipinski definition) is 1. The van der Waals surface area contributed by atoms with Gasteiger partial charge in [0.05, 0.1) is 5.56 Å². The van der Waals surface area contributed by atoms with Gasteiger partial charge in [0.1, 0.15) is 0 Å². The second-order valence-corrected chi connectivity index (χ2v) is 4.70. The number of benzene rings is 1. The van der Waals surface area contributed by atoms with Crippen LogP contribution in [0.1, 0.15) is 25.2 Å². The van der Waals surface area contributed by atoms with Crippen molar-refractivity contribution in [3.8, 4) is 11.5 Å². The van der Waals surface area contributed by atoms with Gasteiger partial charge < -0.3 is 10.3 Å². The molecule has 1 aromatic carbocycles. The van der Waals surface area contributed by atoms with Crippen LogP contribution >= 0.6 is 0 Å². The molecule has 4 nitrogen and oxygen atoms in total. The van der Waals surface area contributed by atoms with Crippen molar-refractivity contribution in [1.29, 1.82) is 0 Å². The maximum atomic E-state index is 5.90. The van der Waals surface area contributed by atoms with E-state index in [1.165, 1.54) is 0 Å². The second-order valence-electron chi connectivity index (χ2n) is 4.70. The van der Waals surface area contributed by atoms with Crippen LogP contribution < -0.4 is 5.73 Å². The average molecular weight is 231 g/mol. The fraction of sp³-hybridized carbons (Fsp3) is 0.385. The Morgan fingerprint density at radius 2 is 2.12 bits per heavy atom. The van der Waals surface area contributed by atoms with E-state index in [4.69, 9.17) is 10.3 Å². The molecule has 0 bridgehead atoms. The van der Waals surface area contributed by atoms with Crippen molar-refractivity contribution in [2.24, 2.45) is 5.92 Å². The standard InChI is InChI=1S/C13H17N3O/c1-8(2)6-12-15-13(17-16-12)10-7-9(3)4-5-11(10)14/h4-5,7-8H,6,14H2,1-3H3. The van der Waals surface area contributed by atoms with Crippen LogP contribution in [0, 0.1) is 12.8 Å². The summed E-state index contributed by atoms with van der Waals surface area (Å²) in [6.07, 6.45) is 0.815. The Labute approximate surface area is 101 Å². The normalized spacial score (nSPS) is 11.1. The van der Waals surface area contributed by atoms with E-state index in [1.807, 2.05) is 25.1 Å². The molecule has 17 heavy (non-hydrogen) atoms. The van der Waals surface area contributed by atoms with Crippen LogP contribution in [0.3, 0.4) is 0 Å². The summed E-state index contributed by atoms with van der Waals surface area (Å²) in [4.78, 5) is 4.36. The van der Waals surface area contributed by atoms with Gasteiger partial charge in [0, 0.05) is 12.1 Å². The molecule has 0 amide bonds. The van der Waals surface area contributed by atoms with Crippen molar-refractivity contribution in [3.05, 3.63) is 29.6 Å². The summed E-state index contributed by atoms with van der Waals surface area (Å²) in [6, 6.07) is 5.78. The Morgan fingerprint density at radius 3 is 2.82 bits per heavy atom. The van der Waals surface area contributed by atoms with Crippen molar-refractivity contribution in [1.82, 2.24) is 10.1 Å². The first kappa shape index (κ1) is 11.6. The number of aryl methyl sites for hydroxylation is 1. The predicted octanol–water partition coefficient (Wildman–Crippen LogP) is 2.83. The molecule has 0 atom stereocenters. The molecular formula is C13H17N3O. The lowest BCUT2D eigenvalue weighted by Gasteiger charge is -2.01. The van der Waals surface area contributed by atoms with Crippen LogP contribution in [0.2, 0.25) is 0 Å². The van der Waals surface area contributed by atoms with Crippen LogP contribution in [-0.2, 0) is 6.42 Å². The zero-order chi connectivity index (χ0) is 12.4. The summed E-state index contributed by atoms with van der Waals surface area (Å²) in [6.45, 7) is 6.25. The molecule has 2 rings (SSSR count). The zero-order valence-electron chi connectivity index (χ0n) is 10.4. The van der Waals surface area contributed by atoms with Gasteiger partial charge in [-0.3, -0.25) is 0 Å². The minimum atomic E-state index is 0.502. The molecule has 1 aromatic heterocycles. The molecule has 0 unspecified atom stereocenters. The minimum Gasteiger partial charge on any atom is -0.398 e. The third kappa shape index (κ3) is 2.64. The number of anilines is 1. The lowest BCUT2D eigenvalue weighted by molar-refractivity contribution is 0.418. The van der Waals surface area contributed by atoms with Gasteiger partial charge in [0.25, 0.3) is 5.89 Å². The molecule has 1 heterocycles. The fourth-order valence-corrected chi connectivity index (χ4v) is 1.67. The molecular weight excluding hydrogens is 214 g/mol. The first-order valence-electron chi connectivity index (χ1n) is 5.75. The highest BCUT2D eigenvalue weighted by Crippen LogP contribution is 2.25. The van der Waals surface area contributed by atoms with E-state index in [9.17, 15) is 0 Å². The van der Waals surface area contributed by atoms with Crippen LogP contribution in [-0.4, -0.2) is 10.1 Å². The lowest BCUT2D eigenvalue weighted by atomic mass is 10.1. The van der Waals surface area contributed by atoms with Crippen LogP contribution in [0.4, 0.5) is 5.69 Å². The smallest absolute Gasteiger partial charge is 0.260 e. The number of rotatable bonds is 3. The minimum absolute atomic E-state index is 0.502. The van der Waals surface area contributed by atoms with Gasteiger partial charge in [-0.05, 0) is 25.0 Å². The molecule has 0 aliphatic rings. The number of nitrogen functional groups attached to an aromatic ring is 1. The molecule has 0 spiro atoms. The van der Waals surface area contributed by atoms with E-state index in [-0.39, 0.29) is 0 Å². The highest BCUT2D eigenvalue weighted by atomic mass is 16.5. The number of nitrogens with zero attached hydrogens (tertiary/aromatic N) is 2. The molecule has 0 saturated heterocycles. The number of hydrogen-bond acceptors (Lipinski definition) is 4. The fourth-order valence-electron chi connectivity index (χ4n) is 1.67. The van der Waals surface area contributed by atoms with Gasteiger partial charge in [-0.25, -0.2) is 0 Å². The van der Waals surface area contributed by atoms with Gasteiger partial charge in [0.2, 0.25) is 0 Å². The van der Waals surface area contributed by atoms with E-state index < -0.39 is 0 Å². The Kier molecular flexibility index (Phi) is 3.13. The summed E-state index contributed by atoms with van der Waals surface area (Å²) >= 11 is 0. The molecule has 2 aromatic rings. The van der Waals surface area contributed by atoms with Crippen molar-refractivity contribution < 1.29 is 4.52 Å². The number of nitrogens with two attached hydrogens (primary N) is 1. The van der Waals surface area contributed by atoms with Crippen LogP contribution in [0.25, 0.3) is 11.5 Å². The maximum absolute atomic E-state index is 5.90. The van der Waals surface area contributed by atoms with E-state index in [0.29, 0.717) is 17.5 Å². The summed E-state index contributed by atoms with van der Waals surface area (Å²) in [5, 5.41) is 3.96. The molecule has 0 radical (unpaired) electrons. The van der Waals surface area contributed by atoms with Gasteiger partial charge in [-0.1, -0.05) is 30.6 Å². The Hall–Kier alpha value is -1.84. The maximum Gasteiger partial charge on any atom is 0.260 e. The molecule has 0 aliphatic carbocycles. The van der Waals surface area contributed by atoms with Gasteiger partial charge >= 0.3 is 0 Å². The SMILES string of the molecule is Cc1ccc(N)c(-c2nc(CC(C)C)no2)c1. The third-order valence-corrected chi connectivity index (χ3v) is 2.50. The van der Waals surface area contributed by atoms with E-state index >= 15 is 0 Å². The molecule has 90 valence electrons. The summed E-state index contributed by atoms with van der Waals surface area (Å²) in [7, 11) is 0. The monoisotopic (exact) mass is 231 g/mol. The average Bonchev–Trinajstić information content (AvgIpc) is 2.69. The quantitative estimate of drug-likeness (QED) is 0.825. The summed E-state index contributed by atoms with van der Waals surface area (Å²) in [5.74, 6) is 1.74. The van der Waals surface area contributed by atoms with Crippen LogP contribution in [0.5, 0.6) is 0 Å². The Bertz CT molecular complexity index is 517. The summed E-state index contributed by atoms with van der Waals surface area (Å²) < 4.78 is 5.25. The van der Waals surface area contributed by atoms with Crippen LogP contribution in [0.15, 0.2) is 22.7 Å². The lowest BCUT2D eigenvalue weighted by Crippen LogP contribution is -1.96. The molecule has 0 aliphatic heterocycles. The van der Waals surface area contributed by atoms with Crippen molar-refractivity contribution in [3.63, 3.8) is 0 Å². The van der Waals surface area contributed by atoms with Gasteiger partial charge in [-0.2, -0.15) is 4.98 Å². The summed E-state index contributed by atoms with van der Waals surface area (Å²) in [5.41, 5.74) is 8.50. The predicted molar refractivity (Wildman–Crippen MR) is 67.4 cm³/mol. The third-order valence-electron chi connectivity index (χ3n) is 2.50. The second kappa shape index (κ2) is 4.57. The zero-order valence-corrected chi connectivity index (χ0v) is 10.4. The van der Waals surface area contributed by atoms with Gasteiger partial charge in [0.15, 0.2) is 5.82 Å². The first-order chi connectivity index (χ1) is 8.06. The Balaban J connectivity index is 2.33. The highest BCUT2D eigenvalue weighted by molar-refractivity contribution is 5.70.